The van der Waals surface area contributed by atoms with E-state index in [1.165, 1.54) is 18.2 Å². The van der Waals surface area contributed by atoms with E-state index >= 15 is 0 Å². The lowest BCUT2D eigenvalue weighted by Gasteiger charge is -2.07. The Labute approximate surface area is 129 Å². The molecule has 114 valence electrons. The molecule has 0 unspecified atom stereocenters. The Morgan fingerprint density at radius 2 is 2.10 bits per heavy atom. The lowest BCUT2D eigenvalue weighted by Crippen LogP contribution is -2.24. The van der Waals surface area contributed by atoms with Crippen LogP contribution in [0, 0.1) is 11.3 Å². The molecule has 1 amide bonds. The van der Waals surface area contributed by atoms with Gasteiger partial charge in [0.25, 0.3) is 0 Å². The van der Waals surface area contributed by atoms with Gasteiger partial charge >= 0.3 is 0 Å². The molecule has 0 fully saturated rings. The summed E-state index contributed by atoms with van der Waals surface area (Å²) in [7, 11) is -3.39. The zero-order valence-electron chi connectivity index (χ0n) is 11.7. The van der Waals surface area contributed by atoms with Gasteiger partial charge in [0.05, 0.1) is 16.3 Å². The number of nitriles is 1. The summed E-state index contributed by atoms with van der Waals surface area (Å²) < 4.78 is 23.5. The minimum Gasteiger partial charge on any atom is -0.325 e. The summed E-state index contributed by atoms with van der Waals surface area (Å²) >= 11 is 5.84. The van der Waals surface area contributed by atoms with E-state index in [4.69, 9.17) is 16.9 Å². The second-order valence-electron chi connectivity index (χ2n) is 4.65. The van der Waals surface area contributed by atoms with E-state index in [9.17, 15) is 13.2 Å². The summed E-state index contributed by atoms with van der Waals surface area (Å²) in [5.41, 5.74) is 0.662. The molecule has 1 aromatic rings. The third-order valence-electron chi connectivity index (χ3n) is 2.78. The second kappa shape index (κ2) is 8.01. The normalized spacial score (nSPS) is 10.9. The molecule has 0 aliphatic carbocycles. The molecular weight excluding hydrogens is 312 g/mol. The minimum atomic E-state index is -3.39. The van der Waals surface area contributed by atoms with Crippen molar-refractivity contribution in [2.75, 3.05) is 16.8 Å². The van der Waals surface area contributed by atoms with Crippen molar-refractivity contribution < 1.29 is 13.2 Å². The number of sulfone groups is 1. The molecular formula is C14H17ClN2O3S. The van der Waals surface area contributed by atoms with Gasteiger partial charge in [-0.2, -0.15) is 5.26 Å². The van der Waals surface area contributed by atoms with E-state index in [1.54, 1.807) is 0 Å². The first kappa shape index (κ1) is 17.5. The Balaban J connectivity index is 2.61. The van der Waals surface area contributed by atoms with Crippen molar-refractivity contribution in [1.82, 2.24) is 0 Å². The molecule has 5 nitrogen and oxygen atoms in total. The number of rotatable bonds is 7. The number of amides is 1. The molecule has 0 aromatic heterocycles. The van der Waals surface area contributed by atoms with Gasteiger partial charge in [-0.1, -0.05) is 31.4 Å². The topological polar surface area (TPSA) is 87.0 Å². The minimum absolute atomic E-state index is 0.0163. The predicted octanol–water partition coefficient (Wildman–Crippen LogP) is 2.76. The van der Waals surface area contributed by atoms with E-state index in [2.05, 4.69) is 5.32 Å². The third-order valence-corrected chi connectivity index (χ3v) is 4.71. The van der Waals surface area contributed by atoms with Crippen LogP contribution in [0.3, 0.4) is 0 Å². The molecule has 7 heteroatoms. The summed E-state index contributed by atoms with van der Waals surface area (Å²) in [6.07, 6.45) is 2.31. The van der Waals surface area contributed by atoms with Crippen LogP contribution in [0.2, 0.25) is 5.02 Å². The Hall–Kier alpha value is -1.58. The van der Waals surface area contributed by atoms with Crippen molar-refractivity contribution in [2.45, 2.75) is 26.2 Å². The third kappa shape index (κ3) is 6.15. The molecule has 1 aromatic carbocycles. The highest BCUT2D eigenvalue weighted by Crippen LogP contribution is 2.20. The van der Waals surface area contributed by atoms with E-state index < -0.39 is 21.5 Å². The average Bonchev–Trinajstić information content (AvgIpc) is 2.38. The Morgan fingerprint density at radius 3 is 2.67 bits per heavy atom. The predicted molar refractivity (Wildman–Crippen MR) is 83.0 cm³/mol. The van der Waals surface area contributed by atoms with Gasteiger partial charge in [-0.15, -0.1) is 0 Å². The van der Waals surface area contributed by atoms with Crippen molar-refractivity contribution in [2.24, 2.45) is 0 Å². The van der Waals surface area contributed by atoms with Gasteiger partial charge in [0.15, 0.2) is 9.84 Å². The molecule has 1 N–H and O–H groups in total. The molecule has 21 heavy (non-hydrogen) atoms. The fourth-order valence-electron chi connectivity index (χ4n) is 1.72. The first-order valence-corrected chi connectivity index (χ1v) is 8.78. The Bertz CT molecular complexity index is 651. The van der Waals surface area contributed by atoms with Crippen molar-refractivity contribution in [3.8, 4) is 6.07 Å². The van der Waals surface area contributed by atoms with Crippen LogP contribution in [0.4, 0.5) is 5.69 Å². The van der Waals surface area contributed by atoms with Crippen LogP contribution < -0.4 is 5.32 Å². The zero-order valence-corrected chi connectivity index (χ0v) is 13.3. The standard InChI is InChI=1S/C14H17ClN2O3S/c1-2-3-4-7-21(19,20)10-14(18)17-12-6-5-11(9-16)13(15)8-12/h5-6,8H,2-4,7,10H2,1H3,(H,17,18). The molecule has 0 bridgehead atoms. The van der Waals surface area contributed by atoms with Crippen molar-refractivity contribution in [3.05, 3.63) is 28.8 Å². The first-order chi connectivity index (χ1) is 9.88. The maximum absolute atomic E-state index is 11.7. The van der Waals surface area contributed by atoms with E-state index in [1.807, 2.05) is 13.0 Å². The molecule has 0 radical (unpaired) electrons. The summed E-state index contributed by atoms with van der Waals surface area (Å²) in [6.45, 7) is 1.98. The van der Waals surface area contributed by atoms with Gasteiger partial charge in [0, 0.05) is 5.69 Å². The highest BCUT2D eigenvalue weighted by Gasteiger charge is 2.16. The van der Waals surface area contributed by atoms with Crippen LogP contribution in [-0.4, -0.2) is 25.8 Å². The molecule has 0 aliphatic rings. The number of hydrogen-bond donors (Lipinski definition) is 1. The van der Waals surface area contributed by atoms with Gasteiger partial charge in [0.2, 0.25) is 5.91 Å². The molecule has 0 atom stereocenters. The van der Waals surface area contributed by atoms with Crippen molar-refractivity contribution >= 4 is 33.0 Å². The number of hydrogen-bond acceptors (Lipinski definition) is 4. The smallest absolute Gasteiger partial charge is 0.239 e. The monoisotopic (exact) mass is 328 g/mol. The number of carbonyl (C=O) groups excluding carboxylic acids is 1. The number of carbonyl (C=O) groups is 1. The summed E-state index contributed by atoms with van der Waals surface area (Å²) in [5.74, 6) is -1.14. The Kier molecular flexibility index (Phi) is 6.66. The summed E-state index contributed by atoms with van der Waals surface area (Å²) in [4.78, 5) is 11.7. The number of halogens is 1. The maximum atomic E-state index is 11.7. The average molecular weight is 329 g/mol. The van der Waals surface area contributed by atoms with Gasteiger partial charge in [0.1, 0.15) is 11.8 Å². The van der Waals surface area contributed by atoms with E-state index in [0.717, 1.165) is 12.8 Å². The number of nitrogens with one attached hydrogen (secondary N) is 1. The van der Waals surface area contributed by atoms with Crippen LogP contribution in [0.1, 0.15) is 31.7 Å². The van der Waals surface area contributed by atoms with Crippen LogP contribution >= 0.6 is 11.6 Å². The lowest BCUT2D eigenvalue weighted by atomic mass is 10.2. The van der Waals surface area contributed by atoms with Crippen LogP contribution in [0.5, 0.6) is 0 Å². The SMILES string of the molecule is CCCCCS(=O)(=O)CC(=O)Nc1ccc(C#N)c(Cl)c1. The number of nitrogens with zero attached hydrogens (tertiary/aromatic N) is 1. The second-order valence-corrected chi connectivity index (χ2v) is 7.25. The number of anilines is 1. The van der Waals surface area contributed by atoms with Crippen molar-refractivity contribution in [3.63, 3.8) is 0 Å². The Morgan fingerprint density at radius 1 is 1.38 bits per heavy atom. The molecule has 0 saturated carbocycles. The van der Waals surface area contributed by atoms with Gasteiger partial charge in [-0.25, -0.2) is 8.42 Å². The number of benzene rings is 1. The largest absolute Gasteiger partial charge is 0.325 e. The zero-order chi connectivity index (χ0) is 15.9. The van der Waals surface area contributed by atoms with Gasteiger partial charge in [-0.05, 0) is 24.6 Å². The molecule has 0 aliphatic heterocycles. The highest BCUT2D eigenvalue weighted by molar-refractivity contribution is 7.92. The van der Waals surface area contributed by atoms with Crippen molar-refractivity contribution in [1.29, 1.82) is 5.26 Å². The maximum Gasteiger partial charge on any atom is 0.239 e. The highest BCUT2D eigenvalue weighted by atomic mass is 35.5. The number of unbranched alkanes of at least 4 members (excludes halogenated alkanes) is 2. The van der Waals surface area contributed by atoms with Crippen LogP contribution in [0.15, 0.2) is 18.2 Å². The lowest BCUT2D eigenvalue weighted by molar-refractivity contribution is -0.113. The summed E-state index contributed by atoms with van der Waals surface area (Å²) in [5, 5.41) is 11.4. The van der Waals surface area contributed by atoms with Gasteiger partial charge < -0.3 is 5.32 Å². The fourth-order valence-corrected chi connectivity index (χ4v) is 3.21. The molecule has 0 heterocycles. The molecule has 1 rings (SSSR count). The van der Waals surface area contributed by atoms with Gasteiger partial charge in [-0.3, -0.25) is 4.79 Å². The first-order valence-electron chi connectivity index (χ1n) is 6.58. The quantitative estimate of drug-likeness (QED) is 0.779. The molecule has 0 saturated heterocycles. The van der Waals surface area contributed by atoms with E-state index in [0.29, 0.717) is 17.7 Å². The fraction of sp³-hybridized carbons (Fsp3) is 0.429. The molecule has 0 spiro atoms. The van der Waals surface area contributed by atoms with E-state index in [-0.39, 0.29) is 10.8 Å². The summed E-state index contributed by atoms with van der Waals surface area (Å²) in [6, 6.07) is 6.29. The van der Waals surface area contributed by atoms with Crippen LogP contribution in [-0.2, 0) is 14.6 Å². The van der Waals surface area contributed by atoms with Crippen LogP contribution in [0.25, 0.3) is 0 Å².